The van der Waals surface area contributed by atoms with E-state index in [1.165, 1.54) is 6.26 Å². The van der Waals surface area contributed by atoms with Gasteiger partial charge in [-0.25, -0.2) is 0 Å². The highest BCUT2D eigenvalue weighted by atomic mass is 16.5. The molecule has 1 saturated heterocycles. The zero-order chi connectivity index (χ0) is 16.9. The van der Waals surface area contributed by atoms with Gasteiger partial charge in [0.15, 0.2) is 5.76 Å². The lowest BCUT2D eigenvalue weighted by atomic mass is 10.1. The Bertz CT molecular complexity index is 712. The van der Waals surface area contributed by atoms with Crippen LogP contribution in [0, 0.1) is 0 Å². The number of methoxy groups -OCH3 is 1. The quantitative estimate of drug-likeness (QED) is 0.916. The summed E-state index contributed by atoms with van der Waals surface area (Å²) in [5, 5.41) is 2.92. The van der Waals surface area contributed by atoms with Gasteiger partial charge in [0.25, 0.3) is 5.91 Å². The van der Waals surface area contributed by atoms with Crippen molar-refractivity contribution in [3.05, 3.63) is 54.0 Å². The van der Waals surface area contributed by atoms with Crippen LogP contribution in [0.2, 0.25) is 0 Å². The van der Waals surface area contributed by atoms with E-state index in [9.17, 15) is 9.59 Å². The Labute approximate surface area is 140 Å². The Kier molecular flexibility index (Phi) is 4.96. The van der Waals surface area contributed by atoms with Gasteiger partial charge in [0, 0.05) is 24.9 Å². The monoisotopic (exact) mass is 328 g/mol. The summed E-state index contributed by atoms with van der Waals surface area (Å²) in [6, 6.07) is 10.3. The van der Waals surface area contributed by atoms with Crippen molar-refractivity contribution in [3.8, 4) is 0 Å². The highest BCUT2D eigenvalue weighted by Gasteiger charge is 2.35. The van der Waals surface area contributed by atoms with E-state index in [1.807, 2.05) is 24.3 Å². The van der Waals surface area contributed by atoms with Crippen molar-refractivity contribution in [3.63, 3.8) is 0 Å². The molecular weight excluding hydrogens is 308 g/mol. The van der Waals surface area contributed by atoms with Crippen LogP contribution in [0.4, 0.5) is 5.69 Å². The molecule has 3 rings (SSSR count). The third kappa shape index (κ3) is 3.33. The van der Waals surface area contributed by atoms with Gasteiger partial charge in [-0.05, 0) is 31.0 Å². The van der Waals surface area contributed by atoms with E-state index < -0.39 is 6.04 Å². The second-order valence-corrected chi connectivity index (χ2v) is 5.71. The number of hydrogen-bond acceptors (Lipinski definition) is 4. The molecule has 1 aliphatic rings. The number of nitrogens with zero attached hydrogens (tertiary/aromatic N) is 1. The zero-order valence-corrected chi connectivity index (χ0v) is 13.5. The number of carbonyl (C=O) groups excluding carboxylic acids is 2. The molecule has 0 bridgehead atoms. The maximum atomic E-state index is 12.7. The third-order valence-electron chi connectivity index (χ3n) is 4.12. The molecule has 1 N–H and O–H groups in total. The number of furan rings is 1. The fourth-order valence-corrected chi connectivity index (χ4v) is 2.96. The summed E-state index contributed by atoms with van der Waals surface area (Å²) in [5.41, 5.74) is 1.61. The van der Waals surface area contributed by atoms with Crippen LogP contribution in [0.25, 0.3) is 0 Å². The van der Waals surface area contributed by atoms with E-state index in [-0.39, 0.29) is 17.6 Å². The lowest BCUT2D eigenvalue weighted by molar-refractivity contribution is -0.119. The molecule has 6 nitrogen and oxygen atoms in total. The zero-order valence-electron chi connectivity index (χ0n) is 13.5. The molecule has 24 heavy (non-hydrogen) atoms. The van der Waals surface area contributed by atoms with Crippen LogP contribution < -0.4 is 5.32 Å². The van der Waals surface area contributed by atoms with Crippen molar-refractivity contribution >= 4 is 17.5 Å². The van der Waals surface area contributed by atoms with E-state index in [0.717, 1.165) is 12.0 Å². The van der Waals surface area contributed by atoms with E-state index in [0.29, 0.717) is 25.3 Å². The molecule has 1 aliphatic heterocycles. The second kappa shape index (κ2) is 7.31. The third-order valence-corrected chi connectivity index (χ3v) is 4.12. The lowest BCUT2D eigenvalue weighted by Gasteiger charge is -2.23. The highest BCUT2D eigenvalue weighted by Crippen LogP contribution is 2.23. The van der Waals surface area contributed by atoms with Crippen molar-refractivity contribution in [2.75, 3.05) is 19.0 Å². The molecule has 0 aliphatic carbocycles. The van der Waals surface area contributed by atoms with Gasteiger partial charge in [-0.1, -0.05) is 18.2 Å². The minimum atomic E-state index is -0.488. The summed E-state index contributed by atoms with van der Waals surface area (Å²) in [6.45, 7) is 0.966. The van der Waals surface area contributed by atoms with Gasteiger partial charge in [0.1, 0.15) is 6.04 Å². The average molecular weight is 328 g/mol. The largest absolute Gasteiger partial charge is 0.459 e. The first-order valence-corrected chi connectivity index (χ1v) is 7.93. The Balaban J connectivity index is 1.73. The van der Waals surface area contributed by atoms with Crippen LogP contribution in [-0.2, 0) is 16.1 Å². The smallest absolute Gasteiger partial charge is 0.290 e. The number of para-hydroxylation sites is 1. The summed E-state index contributed by atoms with van der Waals surface area (Å²) < 4.78 is 10.3. The van der Waals surface area contributed by atoms with Crippen molar-refractivity contribution in [1.82, 2.24) is 4.90 Å². The van der Waals surface area contributed by atoms with Crippen LogP contribution >= 0.6 is 0 Å². The molecule has 2 amide bonds. The highest BCUT2D eigenvalue weighted by molar-refractivity contribution is 6.00. The van der Waals surface area contributed by atoms with Crippen LogP contribution in [-0.4, -0.2) is 36.4 Å². The molecule has 0 unspecified atom stereocenters. The Morgan fingerprint density at radius 1 is 1.29 bits per heavy atom. The maximum Gasteiger partial charge on any atom is 0.290 e. The number of anilines is 1. The van der Waals surface area contributed by atoms with Gasteiger partial charge in [-0.2, -0.15) is 0 Å². The minimum absolute atomic E-state index is 0.184. The summed E-state index contributed by atoms with van der Waals surface area (Å²) in [6.07, 6.45) is 2.90. The molecule has 1 fully saturated rings. The van der Waals surface area contributed by atoms with Crippen molar-refractivity contribution in [1.29, 1.82) is 0 Å². The Morgan fingerprint density at radius 3 is 2.88 bits per heavy atom. The molecule has 0 spiro atoms. The van der Waals surface area contributed by atoms with Gasteiger partial charge in [0.2, 0.25) is 5.91 Å². The van der Waals surface area contributed by atoms with Gasteiger partial charge in [-0.3, -0.25) is 9.59 Å². The van der Waals surface area contributed by atoms with Crippen LogP contribution in [0.1, 0.15) is 29.0 Å². The van der Waals surface area contributed by atoms with Crippen LogP contribution in [0.3, 0.4) is 0 Å². The summed E-state index contributed by atoms with van der Waals surface area (Å²) >= 11 is 0. The molecular formula is C18H20N2O4. The minimum Gasteiger partial charge on any atom is -0.459 e. The SMILES string of the molecule is COCc1ccccc1NC(=O)[C@@H]1CCCN1C(=O)c1ccco1. The number of hydrogen-bond donors (Lipinski definition) is 1. The molecule has 0 saturated carbocycles. The van der Waals surface area contributed by atoms with Gasteiger partial charge in [-0.15, -0.1) is 0 Å². The number of ether oxygens (including phenoxy) is 1. The summed E-state index contributed by atoms with van der Waals surface area (Å²) in [7, 11) is 1.61. The number of carbonyl (C=O) groups is 2. The van der Waals surface area contributed by atoms with Gasteiger partial charge >= 0.3 is 0 Å². The molecule has 2 aromatic rings. The summed E-state index contributed by atoms with van der Waals surface area (Å²) in [5.74, 6) is -0.173. The van der Waals surface area contributed by atoms with Gasteiger partial charge in [0.05, 0.1) is 12.9 Å². The number of rotatable bonds is 5. The number of nitrogens with one attached hydrogen (secondary N) is 1. The lowest BCUT2D eigenvalue weighted by Crippen LogP contribution is -2.43. The molecule has 1 atom stereocenters. The maximum absolute atomic E-state index is 12.7. The van der Waals surface area contributed by atoms with E-state index >= 15 is 0 Å². The number of likely N-dealkylation sites (tertiary alicyclic amines) is 1. The van der Waals surface area contributed by atoms with E-state index in [4.69, 9.17) is 9.15 Å². The molecule has 1 aromatic carbocycles. The van der Waals surface area contributed by atoms with Crippen molar-refractivity contribution in [2.45, 2.75) is 25.5 Å². The Hall–Kier alpha value is -2.60. The average Bonchev–Trinajstić information content (AvgIpc) is 3.28. The first kappa shape index (κ1) is 16.3. The molecule has 6 heteroatoms. The van der Waals surface area contributed by atoms with Crippen LogP contribution in [0.5, 0.6) is 0 Å². The fourth-order valence-electron chi connectivity index (χ4n) is 2.96. The normalized spacial score (nSPS) is 17.0. The first-order valence-electron chi connectivity index (χ1n) is 7.93. The van der Waals surface area contributed by atoms with E-state index in [2.05, 4.69) is 5.32 Å². The number of amides is 2. The predicted octanol–water partition coefficient (Wildman–Crippen LogP) is 2.67. The predicted molar refractivity (Wildman–Crippen MR) is 88.6 cm³/mol. The Morgan fingerprint density at radius 2 is 2.12 bits per heavy atom. The topological polar surface area (TPSA) is 71.8 Å². The molecule has 0 radical (unpaired) electrons. The van der Waals surface area contributed by atoms with E-state index in [1.54, 1.807) is 24.1 Å². The van der Waals surface area contributed by atoms with Crippen molar-refractivity contribution in [2.24, 2.45) is 0 Å². The molecule has 2 heterocycles. The molecule has 126 valence electrons. The summed E-state index contributed by atoms with van der Waals surface area (Å²) in [4.78, 5) is 26.7. The second-order valence-electron chi connectivity index (χ2n) is 5.71. The molecule has 1 aromatic heterocycles. The standard InChI is InChI=1S/C18H20N2O4/c1-23-12-13-6-2-3-7-14(13)19-17(21)15-8-4-10-20(15)18(22)16-9-5-11-24-16/h2-3,5-7,9,11,15H,4,8,10,12H2,1H3,(H,19,21)/t15-/m0/s1. The number of benzene rings is 1. The van der Waals surface area contributed by atoms with Crippen LogP contribution in [0.15, 0.2) is 47.1 Å². The van der Waals surface area contributed by atoms with Gasteiger partial charge < -0.3 is 19.4 Å². The fraction of sp³-hybridized carbons (Fsp3) is 0.333. The first-order chi connectivity index (χ1) is 11.7. The van der Waals surface area contributed by atoms with Crippen molar-refractivity contribution < 1.29 is 18.7 Å².